The average molecular weight is 69.1 g/mol. The summed E-state index contributed by atoms with van der Waals surface area (Å²) in [5.41, 5.74) is 4.78. The van der Waals surface area contributed by atoms with Crippen LogP contribution < -0.4 is 5.73 Å². The highest BCUT2D eigenvalue weighted by atomic mass is 14.6. The van der Waals surface area contributed by atoms with Gasteiger partial charge in [-0.2, -0.15) is 0 Å². The molecule has 0 radical (unpaired) electrons. The van der Waals surface area contributed by atoms with E-state index in [0.717, 1.165) is 0 Å². The van der Waals surface area contributed by atoms with Crippen LogP contribution in [-0.4, -0.2) is 0 Å². The Labute approximate surface area is 30.7 Å². The Bertz CT molecular complexity index is 67.5. The number of nitrogens with zero attached hydrogens (tertiary/aromatic N) is 1. The van der Waals surface area contributed by atoms with Gasteiger partial charge in [0.2, 0.25) is 0 Å². The van der Waals surface area contributed by atoms with Crippen molar-refractivity contribution in [2.45, 2.75) is 0 Å². The summed E-state index contributed by atoms with van der Waals surface area (Å²) in [5, 5.41) is 0. The number of hydrogen-bond acceptors (Lipinski definition) is 1. The van der Waals surface area contributed by atoms with Crippen LogP contribution in [0.25, 0.3) is 4.85 Å². The van der Waals surface area contributed by atoms with E-state index in [2.05, 4.69) is 11.4 Å². The highest BCUT2D eigenvalue weighted by molar-refractivity contribution is 4.88. The van der Waals surface area contributed by atoms with Crippen molar-refractivity contribution in [1.29, 1.82) is 0 Å². The lowest BCUT2D eigenvalue weighted by molar-refractivity contribution is 1.60. The molecule has 0 aliphatic carbocycles. The summed E-state index contributed by atoms with van der Waals surface area (Å²) < 4.78 is 0. The van der Waals surface area contributed by atoms with Gasteiger partial charge in [0.25, 0.3) is 6.57 Å². The van der Waals surface area contributed by atoms with Crippen molar-refractivity contribution in [2.75, 3.05) is 0 Å². The molecule has 2 N–H and O–H groups in total. The van der Waals surface area contributed by atoms with Gasteiger partial charge in [0.1, 0.15) is 0 Å². The molecule has 0 saturated carbocycles. The summed E-state index contributed by atoms with van der Waals surface area (Å²) >= 11 is 0. The van der Waals surface area contributed by atoms with Crippen LogP contribution in [-0.2, 0) is 0 Å². The lowest BCUT2D eigenvalue weighted by atomic mass is 11.0. The summed E-state index contributed by atoms with van der Waals surface area (Å²) in [6, 6.07) is 0. The lowest BCUT2D eigenvalue weighted by Crippen LogP contribution is -1.70. The van der Waals surface area contributed by atoms with E-state index in [1.54, 1.807) is 0 Å². The van der Waals surface area contributed by atoms with Gasteiger partial charge in [0.05, 0.1) is 6.20 Å². The number of nitrogens with two attached hydrogens (primary N) is 1. The summed E-state index contributed by atoms with van der Waals surface area (Å²) in [4.78, 5) is 3.05. The first-order chi connectivity index (χ1) is 2.41. The zero-order chi connectivity index (χ0) is 4.12. The fourth-order valence-corrected chi connectivity index (χ4v) is 0.0497. The molecule has 0 aromatic carbocycles. The van der Waals surface area contributed by atoms with Crippen LogP contribution in [0.1, 0.15) is 0 Å². The van der Waals surface area contributed by atoms with Crippen molar-refractivity contribution in [3.8, 4) is 6.57 Å². The summed E-state index contributed by atoms with van der Waals surface area (Å²) in [6.45, 7) is 4.60. The predicted octanol–water partition coefficient (Wildman–Crippen LogP) is 0.379. The van der Waals surface area contributed by atoms with E-state index in [1.807, 2.05) is 0 Å². The van der Waals surface area contributed by atoms with E-state index in [9.17, 15) is 0 Å². The zero-order valence-corrected chi connectivity index (χ0v) is 2.76. The van der Waals surface area contributed by atoms with E-state index < -0.39 is 0 Å². The lowest BCUT2D eigenvalue weighted by Gasteiger charge is -1.43. The van der Waals surface area contributed by atoms with Crippen molar-refractivity contribution in [3.63, 3.8) is 0 Å². The van der Waals surface area contributed by atoms with Crippen LogP contribution in [0.4, 0.5) is 0 Å². The molecule has 0 unspecified atom stereocenters. The van der Waals surface area contributed by atoms with Gasteiger partial charge in [0.15, 0.2) is 0 Å². The molecule has 0 aromatic heterocycles. The highest BCUT2D eigenvalue weighted by Gasteiger charge is 1.57. The van der Waals surface area contributed by atoms with Crippen molar-refractivity contribution in [3.05, 3.63) is 17.2 Å². The molecule has 0 atom stereocenters. The van der Waals surface area contributed by atoms with Crippen LogP contribution in [0.2, 0.25) is 0 Å². The third-order valence-corrected chi connectivity index (χ3v) is 0.172. The van der Waals surface area contributed by atoms with Crippen molar-refractivity contribution in [1.82, 2.24) is 0 Å². The molecule has 0 aromatic rings. The molecular formula is C3H5N2+. The van der Waals surface area contributed by atoms with Crippen LogP contribution in [0.15, 0.2) is 12.4 Å². The van der Waals surface area contributed by atoms with Crippen molar-refractivity contribution >= 4 is 0 Å². The second-order valence-electron chi connectivity index (χ2n) is 0.491. The maximum absolute atomic E-state index is 4.78. The molecular weight excluding hydrogens is 64.0 g/mol. The normalized spacial score (nSPS) is 7.80. The van der Waals surface area contributed by atoms with E-state index in [0.29, 0.717) is 0 Å². The quantitative estimate of drug-likeness (QED) is 0.438. The van der Waals surface area contributed by atoms with Gasteiger partial charge in [0, 0.05) is 0 Å². The Balaban J connectivity index is 3.04. The highest BCUT2D eigenvalue weighted by Crippen LogP contribution is 1.57. The molecule has 26 valence electrons. The molecule has 0 fully saturated rings. The van der Waals surface area contributed by atoms with E-state index in [-0.39, 0.29) is 0 Å². The fourth-order valence-electron chi connectivity index (χ4n) is 0.0497. The summed E-state index contributed by atoms with van der Waals surface area (Å²) in [6.07, 6.45) is 2.57. The molecule has 0 amide bonds. The first kappa shape index (κ1) is 4.03. The molecule has 0 rings (SSSR count). The van der Waals surface area contributed by atoms with Gasteiger partial charge >= 0.3 is 6.20 Å². The Morgan fingerprint density at radius 1 is 1.80 bits per heavy atom. The SMILES string of the molecule is C#[N+]/C=C/N. The van der Waals surface area contributed by atoms with Crippen molar-refractivity contribution < 1.29 is 0 Å². The van der Waals surface area contributed by atoms with Gasteiger partial charge in [-0.1, -0.05) is 0 Å². The number of rotatable bonds is 0. The van der Waals surface area contributed by atoms with Gasteiger partial charge in [-0.3, -0.25) is 0 Å². The van der Waals surface area contributed by atoms with Crippen LogP contribution in [0.5, 0.6) is 0 Å². The van der Waals surface area contributed by atoms with Crippen LogP contribution >= 0.6 is 0 Å². The predicted molar refractivity (Wildman–Crippen MR) is 21.6 cm³/mol. The average Bonchev–Trinajstić information content (AvgIpc) is 1.41. The molecule has 2 nitrogen and oxygen atoms in total. The van der Waals surface area contributed by atoms with Crippen LogP contribution in [0.3, 0.4) is 0 Å². The smallest absolute Gasteiger partial charge is 0.320 e. The van der Waals surface area contributed by atoms with E-state index in [1.165, 1.54) is 12.4 Å². The first-order valence-corrected chi connectivity index (χ1v) is 1.18. The van der Waals surface area contributed by atoms with Crippen molar-refractivity contribution in [2.24, 2.45) is 5.73 Å². The van der Waals surface area contributed by atoms with E-state index in [4.69, 9.17) is 5.73 Å². The Morgan fingerprint density at radius 3 is 2.40 bits per heavy atom. The van der Waals surface area contributed by atoms with Gasteiger partial charge in [-0.25, -0.2) is 0 Å². The maximum Gasteiger partial charge on any atom is 0.320 e. The molecule has 0 saturated heterocycles. The monoisotopic (exact) mass is 69.0 g/mol. The Morgan fingerprint density at radius 2 is 2.40 bits per heavy atom. The zero-order valence-electron chi connectivity index (χ0n) is 2.76. The number of hydrogen-bond donors (Lipinski definition) is 1. The summed E-state index contributed by atoms with van der Waals surface area (Å²) in [5.74, 6) is 0. The van der Waals surface area contributed by atoms with Crippen LogP contribution in [0, 0.1) is 6.57 Å². The Kier molecular flexibility index (Phi) is 2.44. The van der Waals surface area contributed by atoms with Gasteiger partial charge in [-0.05, 0) is 4.85 Å². The Hall–Kier alpha value is -0.970. The minimum atomic E-state index is 1.26. The van der Waals surface area contributed by atoms with Gasteiger partial charge in [-0.15, -0.1) is 0 Å². The molecule has 0 bridgehead atoms. The molecule has 5 heavy (non-hydrogen) atoms. The third-order valence-electron chi connectivity index (χ3n) is 0.172. The topological polar surface area (TPSA) is 30.4 Å². The summed E-state index contributed by atoms with van der Waals surface area (Å²) in [7, 11) is 0. The molecule has 2 heteroatoms. The largest absolute Gasteiger partial charge is 0.399 e. The second kappa shape index (κ2) is 3.03. The third kappa shape index (κ3) is 3.03. The molecule has 0 heterocycles. The second-order valence-corrected chi connectivity index (χ2v) is 0.491. The molecule has 0 spiro atoms. The standard InChI is InChI=1S/C3H5N2/c1-5-3-2-4/h1-3H,4H2/q+1/b3-2+. The molecule has 0 aliphatic heterocycles. The van der Waals surface area contributed by atoms with E-state index >= 15 is 0 Å². The fraction of sp³-hybridized carbons (Fsp3) is 0. The van der Waals surface area contributed by atoms with Gasteiger partial charge < -0.3 is 5.73 Å². The maximum atomic E-state index is 4.78. The minimum absolute atomic E-state index is 1.26. The first-order valence-electron chi connectivity index (χ1n) is 1.18. The molecule has 0 aliphatic rings. The minimum Gasteiger partial charge on any atom is -0.399 e.